The van der Waals surface area contributed by atoms with Crippen molar-refractivity contribution in [3.63, 3.8) is 0 Å². The van der Waals surface area contributed by atoms with Gasteiger partial charge in [-0.05, 0) is 48.0 Å². The Morgan fingerprint density at radius 2 is 1.55 bits per heavy atom. The largest absolute Gasteiger partial charge is 0.508 e. The Hall–Kier alpha value is -3.86. The van der Waals surface area contributed by atoms with Crippen molar-refractivity contribution in [3.05, 3.63) is 95.7 Å². The average Bonchev–Trinajstić information content (AvgIpc) is 3.06. The molecule has 29 heavy (non-hydrogen) atoms. The molecule has 4 rings (SSSR count). The van der Waals surface area contributed by atoms with Crippen LogP contribution in [-0.2, 0) is 4.79 Å². The van der Waals surface area contributed by atoms with Crippen molar-refractivity contribution in [1.29, 1.82) is 0 Å². The number of amidine groups is 1. The fourth-order valence-electron chi connectivity index (χ4n) is 3.17. The Morgan fingerprint density at radius 3 is 2.17 bits per heavy atom. The number of phenolic OH excluding ortho intramolecular Hbond substituents is 1. The normalized spacial score (nSPS) is 15.0. The van der Waals surface area contributed by atoms with Crippen LogP contribution in [0.15, 0.2) is 89.6 Å². The zero-order valence-electron chi connectivity index (χ0n) is 16.3. The van der Waals surface area contributed by atoms with Gasteiger partial charge in [-0.3, -0.25) is 9.69 Å². The number of nitrogens with zero attached hydrogens (tertiary/aromatic N) is 3. The quantitative estimate of drug-likeness (QED) is 0.684. The van der Waals surface area contributed by atoms with E-state index in [4.69, 9.17) is 0 Å². The van der Waals surface area contributed by atoms with Gasteiger partial charge in [-0.1, -0.05) is 42.5 Å². The zero-order valence-corrected chi connectivity index (χ0v) is 16.3. The standard InChI is InChI=1S/C24H21N3O2/c1-26(2)19-10-8-17(9-11-19)16-22-24(29)27(20-12-14-21(28)15-13-20)23(25-22)18-6-4-3-5-7-18/h3-16,28H,1-2H3/b22-16+. The van der Waals surface area contributed by atoms with Gasteiger partial charge in [-0.15, -0.1) is 0 Å². The van der Waals surface area contributed by atoms with Gasteiger partial charge in [0.25, 0.3) is 5.91 Å². The van der Waals surface area contributed by atoms with Crippen LogP contribution < -0.4 is 9.80 Å². The van der Waals surface area contributed by atoms with E-state index in [1.165, 1.54) is 0 Å². The summed E-state index contributed by atoms with van der Waals surface area (Å²) < 4.78 is 0. The fourth-order valence-corrected chi connectivity index (χ4v) is 3.17. The lowest BCUT2D eigenvalue weighted by molar-refractivity contribution is -0.113. The van der Waals surface area contributed by atoms with Gasteiger partial charge in [0.15, 0.2) is 0 Å². The third-order valence-corrected chi connectivity index (χ3v) is 4.71. The summed E-state index contributed by atoms with van der Waals surface area (Å²) in [5.74, 6) is 0.513. The lowest BCUT2D eigenvalue weighted by atomic mass is 10.1. The van der Waals surface area contributed by atoms with Crippen molar-refractivity contribution in [2.45, 2.75) is 0 Å². The highest BCUT2D eigenvalue weighted by atomic mass is 16.3. The molecule has 0 radical (unpaired) electrons. The first-order chi connectivity index (χ1) is 14.0. The van der Waals surface area contributed by atoms with E-state index in [1.807, 2.05) is 73.6 Å². The molecule has 5 heteroatoms. The van der Waals surface area contributed by atoms with Crippen LogP contribution in [0.25, 0.3) is 6.08 Å². The summed E-state index contributed by atoms with van der Waals surface area (Å²) >= 11 is 0. The minimum Gasteiger partial charge on any atom is -0.508 e. The predicted octanol–water partition coefficient (Wildman–Crippen LogP) is 4.29. The van der Waals surface area contributed by atoms with Gasteiger partial charge in [0, 0.05) is 25.3 Å². The Labute approximate surface area is 169 Å². The first-order valence-electron chi connectivity index (χ1n) is 9.29. The number of rotatable bonds is 4. The van der Waals surface area contributed by atoms with Gasteiger partial charge >= 0.3 is 0 Å². The number of hydrogen-bond donors (Lipinski definition) is 1. The Kier molecular flexibility index (Phi) is 4.87. The summed E-state index contributed by atoms with van der Waals surface area (Å²) in [4.78, 5) is 21.5. The van der Waals surface area contributed by atoms with E-state index in [2.05, 4.69) is 4.99 Å². The number of benzene rings is 3. The van der Waals surface area contributed by atoms with E-state index in [-0.39, 0.29) is 11.7 Å². The van der Waals surface area contributed by atoms with Crippen LogP contribution in [0.5, 0.6) is 5.75 Å². The highest BCUT2D eigenvalue weighted by molar-refractivity contribution is 6.33. The minimum absolute atomic E-state index is 0.148. The predicted molar refractivity (Wildman–Crippen MR) is 117 cm³/mol. The maximum atomic E-state index is 13.2. The van der Waals surface area contributed by atoms with Gasteiger partial charge < -0.3 is 10.0 Å². The number of phenols is 1. The van der Waals surface area contributed by atoms with Crippen LogP contribution in [0.4, 0.5) is 11.4 Å². The maximum Gasteiger partial charge on any atom is 0.282 e. The van der Waals surface area contributed by atoms with Gasteiger partial charge in [0.1, 0.15) is 17.3 Å². The van der Waals surface area contributed by atoms with E-state index < -0.39 is 0 Å². The third kappa shape index (κ3) is 3.75. The lowest BCUT2D eigenvalue weighted by Crippen LogP contribution is -2.32. The number of anilines is 2. The first kappa shape index (κ1) is 18.5. The monoisotopic (exact) mass is 383 g/mol. The maximum absolute atomic E-state index is 13.2. The Morgan fingerprint density at radius 1 is 0.897 bits per heavy atom. The first-order valence-corrected chi connectivity index (χ1v) is 9.29. The summed E-state index contributed by atoms with van der Waals surface area (Å²) in [6.45, 7) is 0. The topological polar surface area (TPSA) is 56.1 Å². The second-order valence-corrected chi connectivity index (χ2v) is 6.97. The molecule has 0 atom stereocenters. The summed E-state index contributed by atoms with van der Waals surface area (Å²) in [6.07, 6.45) is 1.80. The van der Waals surface area contributed by atoms with E-state index in [0.29, 0.717) is 17.2 Å². The van der Waals surface area contributed by atoms with Crippen molar-refractivity contribution in [2.24, 2.45) is 4.99 Å². The minimum atomic E-state index is -0.203. The molecule has 0 aromatic heterocycles. The summed E-state index contributed by atoms with van der Waals surface area (Å²) in [7, 11) is 3.97. The molecule has 3 aromatic rings. The van der Waals surface area contributed by atoms with Crippen LogP contribution in [-0.4, -0.2) is 30.9 Å². The lowest BCUT2D eigenvalue weighted by Gasteiger charge is -2.18. The molecule has 1 heterocycles. The third-order valence-electron chi connectivity index (χ3n) is 4.71. The van der Waals surface area contributed by atoms with Gasteiger partial charge in [0.05, 0.1) is 5.69 Å². The average molecular weight is 383 g/mol. The van der Waals surface area contributed by atoms with Crippen LogP contribution in [0, 0.1) is 0 Å². The number of carbonyl (C=O) groups excluding carboxylic acids is 1. The number of hydrogen-bond acceptors (Lipinski definition) is 4. The SMILES string of the molecule is CN(C)c1ccc(/C=C2/N=C(c3ccccc3)N(c3ccc(O)cc3)C2=O)cc1. The zero-order chi connectivity index (χ0) is 20.4. The summed E-state index contributed by atoms with van der Waals surface area (Å²) in [5, 5.41) is 9.61. The number of carbonyl (C=O) groups is 1. The van der Waals surface area contributed by atoms with Crippen molar-refractivity contribution < 1.29 is 9.90 Å². The molecule has 0 aliphatic carbocycles. The van der Waals surface area contributed by atoms with Crippen LogP contribution in [0.1, 0.15) is 11.1 Å². The van der Waals surface area contributed by atoms with Crippen molar-refractivity contribution in [3.8, 4) is 5.75 Å². The molecular formula is C24H21N3O2. The molecule has 5 nitrogen and oxygen atoms in total. The Bertz CT molecular complexity index is 1080. The fraction of sp³-hybridized carbons (Fsp3) is 0.0833. The molecule has 144 valence electrons. The number of aromatic hydroxyl groups is 1. The molecular weight excluding hydrogens is 362 g/mol. The van der Waals surface area contributed by atoms with Crippen LogP contribution in [0.2, 0.25) is 0 Å². The van der Waals surface area contributed by atoms with Gasteiger partial charge in [-0.2, -0.15) is 0 Å². The van der Waals surface area contributed by atoms with Gasteiger partial charge in [-0.25, -0.2) is 4.99 Å². The molecule has 1 amide bonds. The van der Waals surface area contributed by atoms with Crippen molar-refractivity contribution >= 4 is 29.2 Å². The van der Waals surface area contributed by atoms with E-state index in [1.54, 1.807) is 35.2 Å². The molecule has 0 fully saturated rings. The smallest absolute Gasteiger partial charge is 0.282 e. The molecule has 0 spiro atoms. The molecule has 0 saturated carbocycles. The molecule has 1 aliphatic rings. The number of amides is 1. The van der Waals surface area contributed by atoms with Crippen molar-refractivity contribution in [1.82, 2.24) is 0 Å². The highest BCUT2D eigenvalue weighted by Gasteiger charge is 2.32. The van der Waals surface area contributed by atoms with Crippen LogP contribution >= 0.6 is 0 Å². The van der Waals surface area contributed by atoms with Gasteiger partial charge in [0.2, 0.25) is 0 Å². The second-order valence-electron chi connectivity index (χ2n) is 6.97. The summed E-state index contributed by atoms with van der Waals surface area (Å²) in [5.41, 5.74) is 3.86. The van der Waals surface area contributed by atoms with E-state index >= 15 is 0 Å². The molecule has 1 aliphatic heterocycles. The Balaban J connectivity index is 1.76. The van der Waals surface area contributed by atoms with E-state index in [0.717, 1.165) is 16.8 Å². The van der Waals surface area contributed by atoms with E-state index in [9.17, 15) is 9.90 Å². The number of aliphatic imine (C=N–C) groups is 1. The van der Waals surface area contributed by atoms with Crippen LogP contribution in [0.3, 0.4) is 0 Å². The van der Waals surface area contributed by atoms with Crippen molar-refractivity contribution in [2.75, 3.05) is 23.9 Å². The molecule has 0 saturated heterocycles. The molecule has 0 bridgehead atoms. The second kappa shape index (κ2) is 7.64. The molecule has 1 N–H and O–H groups in total. The molecule has 0 unspecified atom stereocenters. The molecule has 3 aromatic carbocycles. The summed E-state index contributed by atoms with van der Waals surface area (Å²) in [6, 6.07) is 24.1. The highest BCUT2D eigenvalue weighted by Crippen LogP contribution is 2.29.